The van der Waals surface area contributed by atoms with E-state index in [-0.39, 0.29) is 0 Å². The van der Waals surface area contributed by atoms with E-state index in [4.69, 9.17) is 0 Å². The Hall–Kier alpha value is -4.68. The van der Waals surface area contributed by atoms with Crippen LogP contribution in [0.2, 0.25) is 0 Å². The zero-order valence-electron chi connectivity index (χ0n) is 29.4. The van der Waals surface area contributed by atoms with E-state index < -0.39 is 0 Å². The molecule has 0 amide bonds. The standard InChI is InChI=1S/C40H34B8/c41-33-29-27(25-11-5-10-23(18-25)24-14-12-19-6-1-3-8-21(19)16-24)30-32(36(44)40(48)38(46)34(30)42)28(31(29)35(43)39(47)37(33)45)26-15-13-20-7-2-4-9-22(20)17-26/h1-18H,41-48H2. The number of hydrogen-bond donors (Lipinski definition) is 0. The normalized spacial score (nSPS) is 11.6. The number of rotatable bonds is 3. The maximum atomic E-state index is 2.43. The number of hydrogen-bond acceptors (Lipinski definition) is 0. The van der Waals surface area contributed by atoms with Gasteiger partial charge in [0.25, 0.3) is 0 Å². The van der Waals surface area contributed by atoms with Gasteiger partial charge in [0, 0.05) is 0 Å². The Labute approximate surface area is 291 Å². The molecule has 48 heavy (non-hydrogen) atoms. The van der Waals surface area contributed by atoms with Crippen molar-refractivity contribution in [2.24, 2.45) is 0 Å². The van der Waals surface area contributed by atoms with Crippen LogP contribution in [-0.4, -0.2) is 62.8 Å². The van der Waals surface area contributed by atoms with Gasteiger partial charge in [-0.05, 0) is 94.7 Å². The molecule has 0 N–H and O–H groups in total. The van der Waals surface area contributed by atoms with E-state index in [2.05, 4.69) is 172 Å². The molecule has 0 heterocycles. The van der Waals surface area contributed by atoms with Gasteiger partial charge in [-0.2, -0.15) is 0 Å². The van der Waals surface area contributed by atoms with Crippen molar-refractivity contribution in [2.75, 3.05) is 0 Å². The summed E-state index contributed by atoms with van der Waals surface area (Å²) < 4.78 is 0. The lowest BCUT2D eigenvalue weighted by atomic mass is 9.59. The lowest BCUT2D eigenvalue weighted by molar-refractivity contribution is 1.64. The van der Waals surface area contributed by atoms with Crippen LogP contribution in [0.5, 0.6) is 0 Å². The first-order valence-corrected chi connectivity index (χ1v) is 17.2. The van der Waals surface area contributed by atoms with Gasteiger partial charge in [0.15, 0.2) is 0 Å². The molecule has 8 heteroatoms. The van der Waals surface area contributed by atoms with Gasteiger partial charge in [-0.3, -0.25) is 0 Å². The van der Waals surface area contributed by atoms with Gasteiger partial charge in [0.05, 0.1) is 0 Å². The molecule has 0 spiro atoms. The molecule has 8 aromatic carbocycles. The van der Waals surface area contributed by atoms with Crippen molar-refractivity contribution in [2.45, 2.75) is 0 Å². The van der Waals surface area contributed by atoms with Crippen LogP contribution in [0, 0.1) is 0 Å². The van der Waals surface area contributed by atoms with Crippen molar-refractivity contribution >= 4 is 150 Å². The van der Waals surface area contributed by atoms with E-state index in [1.165, 1.54) is 120 Å². The molecule has 0 aliphatic carbocycles. The van der Waals surface area contributed by atoms with E-state index in [1.807, 2.05) is 0 Å². The first-order valence-electron chi connectivity index (χ1n) is 17.2. The number of benzene rings is 8. The topological polar surface area (TPSA) is 0 Å². The average molecular weight is 601 g/mol. The SMILES string of the molecule is Bc1c(B)c(B)c2c(-c3ccc4ccccc4c3)c3c(B)c(B)c(B)c(B)c3c(-c3cccc(-c4ccc5ccccc5c4)c3)c2c1B. The second-order valence-electron chi connectivity index (χ2n) is 14.0. The third-order valence-corrected chi connectivity index (χ3v) is 11.6. The first-order chi connectivity index (χ1) is 23.2. The largest absolute Gasteiger partial charge is 0.139 e. The highest BCUT2D eigenvalue weighted by Crippen LogP contribution is 2.42. The molecule has 8 rings (SSSR count). The summed E-state index contributed by atoms with van der Waals surface area (Å²) in [6, 6.07) is 40.6. The zero-order valence-corrected chi connectivity index (χ0v) is 29.4. The molecule has 0 fully saturated rings. The Morgan fingerprint density at radius 1 is 0.250 bits per heavy atom. The maximum Gasteiger partial charge on any atom is 0.139 e. The molecule has 0 aliphatic heterocycles. The van der Waals surface area contributed by atoms with Gasteiger partial charge in [-0.15, -0.1) is 21.9 Å². The summed E-state index contributed by atoms with van der Waals surface area (Å²) in [5.74, 6) is 0. The van der Waals surface area contributed by atoms with Crippen molar-refractivity contribution in [3.63, 3.8) is 0 Å². The van der Waals surface area contributed by atoms with Crippen molar-refractivity contribution in [3.05, 3.63) is 109 Å². The van der Waals surface area contributed by atoms with Gasteiger partial charge >= 0.3 is 0 Å². The Bertz CT molecular complexity index is 2580. The molecule has 218 valence electrons. The lowest BCUT2D eigenvalue weighted by Crippen LogP contribution is -2.50. The second-order valence-corrected chi connectivity index (χ2v) is 14.0. The molecule has 0 saturated carbocycles. The third kappa shape index (κ3) is 4.56. The Balaban J connectivity index is 1.57. The summed E-state index contributed by atoms with van der Waals surface area (Å²) in [5.41, 5.74) is 18.8. The number of fused-ring (bicyclic) bond motifs is 4. The fourth-order valence-corrected chi connectivity index (χ4v) is 8.27. The highest BCUT2D eigenvalue weighted by atomic mass is 14.2. The van der Waals surface area contributed by atoms with Gasteiger partial charge < -0.3 is 0 Å². The van der Waals surface area contributed by atoms with Crippen LogP contribution in [0.4, 0.5) is 0 Å². The van der Waals surface area contributed by atoms with E-state index >= 15 is 0 Å². The predicted octanol–water partition coefficient (Wildman–Crippen LogP) is -2.63. The van der Waals surface area contributed by atoms with Crippen LogP contribution in [-0.2, 0) is 0 Å². The summed E-state index contributed by atoms with van der Waals surface area (Å²) in [6.45, 7) is 0. The molecular weight excluding hydrogens is 567 g/mol. The predicted molar refractivity (Wildman–Crippen MR) is 238 cm³/mol. The van der Waals surface area contributed by atoms with Crippen molar-refractivity contribution in [1.82, 2.24) is 0 Å². The highest BCUT2D eigenvalue weighted by Gasteiger charge is 2.25. The average Bonchev–Trinajstić information content (AvgIpc) is 3.12. The minimum absolute atomic E-state index is 1.24. The first kappa shape index (κ1) is 30.6. The van der Waals surface area contributed by atoms with Gasteiger partial charge in [0.2, 0.25) is 0 Å². The van der Waals surface area contributed by atoms with Gasteiger partial charge in [-0.25, -0.2) is 0 Å². The molecule has 8 aromatic rings. The molecule has 0 nitrogen and oxygen atoms in total. The Morgan fingerprint density at radius 2 is 0.583 bits per heavy atom. The molecule has 0 aliphatic rings. The van der Waals surface area contributed by atoms with Crippen LogP contribution in [0.3, 0.4) is 0 Å². The van der Waals surface area contributed by atoms with E-state index in [9.17, 15) is 0 Å². The summed E-state index contributed by atoms with van der Waals surface area (Å²) in [4.78, 5) is 0. The summed E-state index contributed by atoms with van der Waals surface area (Å²) in [6.07, 6.45) is 0. The smallest absolute Gasteiger partial charge is 0.101 e. The fourth-order valence-electron chi connectivity index (χ4n) is 8.27. The molecular formula is C40H34B8. The van der Waals surface area contributed by atoms with Crippen LogP contribution in [0.15, 0.2) is 109 Å². The molecule has 0 radical (unpaired) electrons. The van der Waals surface area contributed by atoms with Crippen molar-refractivity contribution in [1.29, 1.82) is 0 Å². The minimum Gasteiger partial charge on any atom is -0.101 e. The quantitative estimate of drug-likeness (QED) is 0.154. The summed E-state index contributed by atoms with van der Waals surface area (Å²) in [5, 5.41) is 10.6. The van der Waals surface area contributed by atoms with Crippen LogP contribution < -0.4 is 43.7 Å². The molecule has 0 bridgehead atoms. The van der Waals surface area contributed by atoms with Crippen molar-refractivity contribution < 1.29 is 0 Å². The Morgan fingerprint density at radius 3 is 1.04 bits per heavy atom. The molecule has 0 aromatic heterocycles. The van der Waals surface area contributed by atoms with Crippen LogP contribution in [0.25, 0.3) is 76.5 Å². The fraction of sp³-hybridized carbons (Fsp3) is 0. The van der Waals surface area contributed by atoms with E-state index in [0.717, 1.165) is 0 Å². The Kier molecular flexibility index (Phi) is 7.33. The molecule has 0 atom stereocenters. The molecule has 0 unspecified atom stereocenters. The minimum atomic E-state index is 1.24. The lowest BCUT2D eigenvalue weighted by Gasteiger charge is -2.28. The maximum absolute atomic E-state index is 2.43. The summed E-state index contributed by atoms with van der Waals surface area (Å²) >= 11 is 0. The molecule has 0 saturated heterocycles. The van der Waals surface area contributed by atoms with Crippen LogP contribution >= 0.6 is 0 Å². The van der Waals surface area contributed by atoms with Gasteiger partial charge in [0.1, 0.15) is 62.8 Å². The van der Waals surface area contributed by atoms with E-state index in [1.54, 1.807) is 0 Å². The van der Waals surface area contributed by atoms with Crippen LogP contribution in [0.1, 0.15) is 0 Å². The summed E-state index contributed by atoms with van der Waals surface area (Å²) in [7, 11) is 18.6. The monoisotopic (exact) mass is 602 g/mol. The second kappa shape index (κ2) is 11.5. The van der Waals surface area contributed by atoms with Gasteiger partial charge in [-0.1, -0.05) is 113 Å². The van der Waals surface area contributed by atoms with E-state index in [0.29, 0.717) is 0 Å². The highest BCUT2D eigenvalue weighted by molar-refractivity contribution is 6.71. The zero-order chi connectivity index (χ0) is 33.4. The van der Waals surface area contributed by atoms with Crippen molar-refractivity contribution in [3.8, 4) is 33.4 Å². The third-order valence-electron chi connectivity index (χ3n) is 11.6.